The Morgan fingerprint density at radius 3 is 2.84 bits per heavy atom. The van der Waals surface area contributed by atoms with Gasteiger partial charge in [-0.25, -0.2) is 19.0 Å². The van der Waals surface area contributed by atoms with E-state index in [0.29, 0.717) is 28.8 Å². The van der Waals surface area contributed by atoms with E-state index in [1.54, 1.807) is 9.58 Å². The molecule has 2 aromatic heterocycles. The van der Waals surface area contributed by atoms with Crippen LogP contribution in [0, 0.1) is 5.82 Å². The van der Waals surface area contributed by atoms with E-state index in [2.05, 4.69) is 16.5 Å². The van der Waals surface area contributed by atoms with Gasteiger partial charge in [0, 0.05) is 22.9 Å². The van der Waals surface area contributed by atoms with Gasteiger partial charge in [-0.2, -0.15) is 5.10 Å². The maximum Gasteiger partial charge on any atom is 0.250 e. The van der Waals surface area contributed by atoms with Gasteiger partial charge in [-0.3, -0.25) is 4.79 Å². The van der Waals surface area contributed by atoms with Gasteiger partial charge in [0.2, 0.25) is 5.91 Å². The third kappa shape index (κ3) is 2.90. The van der Waals surface area contributed by atoms with Crippen LogP contribution in [-0.4, -0.2) is 37.3 Å². The number of aromatic hydroxyl groups is 1. The zero-order valence-electron chi connectivity index (χ0n) is 16.2. The average Bonchev–Trinajstić information content (AvgIpc) is 3.32. The Morgan fingerprint density at radius 2 is 2.06 bits per heavy atom. The molecule has 0 radical (unpaired) electrons. The van der Waals surface area contributed by atoms with Crippen LogP contribution in [0.1, 0.15) is 11.6 Å². The van der Waals surface area contributed by atoms with Crippen LogP contribution in [0.3, 0.4) is 0 Å². The van der Waals surface area contributed by atoms with Crippen LogP contribution in [0.15, 0.2) is 61.4 Å². The monoisotopic (exact) mass is 416 g/mol. The second kappa shape index (κ2) is 6.91. The van der Waals surface area contributed by atoms with Crippen molar-refractivity contribution in [2.45, 2.75) is 6.04 Å². The van der Waals surface area contributed by atoms with Crippen molar-refractivity contribution >= 4 is 28.4 Å². The van der Waals surface area contributed by atoms with E-state index in [1.165, 1.54) is 24.5 Å². The largest absolute Gasteiger partial charge is 0.508 e. The number of hydrogen-bond acceptors (Lipinski definition) is 6. The fourth-order valence-corrected chi connectivity index (χ4v) is 4.04. The summed E-state index contributed by atoms with van der Waals surface area (Å²) < 4.78 is 15.7. The molecule has 0 aliphatic carbocycles. The molecule has 3 N–H and O–H groups in total. The number of halogens is 1. The van der Waals surface area contributed by atoms with Gasteiger partial charge in [0.15, 0.2) is 5.65 Å². The summed E-state index contributed by atoms with van der Waals surface area (Å²) in [5, 5.41) is 15.0. The first-order valence-corrected chi connectivity index (χ1v) is 9.49. The summed E-state index contributed by atoms with van der Waals surface area (Å²) in [6, 6.07) is 10.8. The molecule has 0 saturated carbocycles. The lowest BCUT2D eigenvalue weighted by molar-refractivity contribution is -0.114. The lowest BCUT2D eigenvalue weighted by Gasteiger charge is -2.16. The molecular weight excluding hydrogens is 399 g/mol. The van der Waals surface area contributed by atoms with E-state index in [4.69, 9.17) is 10.8 Å². The van der Waals surface area contributed by atoms with Gasteiger partial charge in [-0.05, 0) is 24.3 Å². The maximum absolute atomic E-state index is 14.0. The second-order valence-corrected chi connectivity index (χ2v) is 7.18. The molecule has 2 aromatic carbocycles. The number of amides is 1. The van der Waals surface area contributed by atoms with Crippen LogP contribution in [0.25, 0.3) is 22.3 Å². The minimum Gasteiger partial charge on any atom is -0.508 e. The van der Waals surface area contributed by atoms with Gasteiger partial charge in [0.05, 0.1) is 18.0 Å². The van der Waals surface area contributed by atoms with Crippen molar-refractivity contribution < 1.29 is 14.3 Å². The third-order valence-electron chi connectivity index (χ3n) is 5.35. The number of phenolic OH excluding ortho intramolecular Hbond substituents is 1. The number of para-hydroxylation sites is 1. The van der Waals surface area contributed by atoms with Crippen molar-refractivity contribution in [2.24, 2.45) is 0 Å². The molecule has 0 bridgehead atoms. The molecule has 0 spiro atoms. The molecule has 154 valence electrons. The predicted molar refractivity (Wildman–Crippen MR) is 114 cm³/mol. The summed E-state index contributed by atoms with van der Waals surface area (Å²) in [5.74, 6) is -0.889. The average molecular weight is 416 g/mol. The number of nitrogens with zero attached hydrogens (tertiary/aromatic N) is 5. The van der Waals surface area contributed by atoms with Crippen LogP contribution >= 0.6 is 0 Å². The lowest BCUT2D eigenvalue weighted by atomic mass is 10.1. The van der Waals surface area contributed by atoms with E-state index in [1.807, 2.05) is 24.3 Å². The molecule has 3 heterocycles. The Hall–Kier alpha value is -4.27. The van der Waals surface area contributed by atoms with Crippen LogP contribution in [0.5, 0.6) is 5.75 Å². The number of benzene rings is 2. The smallest absolute Gasteiger partial charge is 0.250 e. The maximum atomic E-state index is 14.0. The van der Waals surface area contributed by atoms with Crippen LogP contribution in [0.2, 0.25) is 0 Å². The highest BCUT2D eigenvalue weighted by molar-refractivity contribution is 6.03. The first kappa shape index (κ1) is 18.7. The topological polar surface area (TPSA) is 110 Å². The summed E-state index contributed by atoms with van der Waals surface area (Å²) in [6.07, 6.45) is 2.59. The van der Waals surface area contributed by atoms with Crippen LogP contribution in [-0.2, 0) is 4.79 Å². The zero-order valence-corrected chi connectivity index (χ0v) is 16.2. The minimum absolute atomic E-state index is 0.181. The van der Waals surface area contributed by atoms with E-state index >= 15 is 0 Å². The summed E-state index contributed by atoms with van der Waals surface area (Å²) in [4.78, 5) is 22.5. The van der Waals surface area contributed by atoms with Gasteiger partial charge in [0.25, 0.3) is 0 Å². The van der Waals surface area contributed by atoms with Crippen LogP contribution in [0.4, 0.5) is 15.9 Å². The molecule has 1 atom stereocenters. The first-order chi connectivity index (χ1) is 15.0. The Labute approximate surface area is 176 Å². The number of hydrogen-bond donors (Lipinski definition) is 2. The van der Waals surface area contributed by atoms with Crippen molar-refractivity contribution in [3.8, 4) is 17.0 Å². The number of aromatic nitrogens is 4. The van der Waals surface area contributed by atoms with Gasteiger partial charge >= 0.3 is 0 Å². The van der Waals surface area contributed by atoms with Crippen molar-refractivity contribution in [3.63, 3.8) is 0 Å². The van der Waals surface area contributed by atoms with E-state index in [-0.39, 0.29) is 23.5 Å². The number of phenols is 1. The minimum atomic E-state index is -0.609. The molecule has 8 nitrogen and oxygen atoms in total. The summed E-state index contributed by atoms with van der Waals surface area (Å²) in [7, 11) is 0. The molecule has 0 saturated heterocycles. The van der Waals surface area contributed by atoms with Crippen molar-refractivity contribution in [3.05, 3.63) is 72.8 Å². The lowest BCUT2D eigenvalue weighted by Crippen LogP contribution is -2.29. The zero-order chi connectivity index (χ0) is 21.7. The van der Waals surface area contributed by atoms with Crippen molar-refractivity contribution in [1.29, 1.82) is 0 Å². The SMILES string of the molecule is C=CC(=O)N1CC(n2nc(-c3cc(O)cc(F)c3)c3c(N)ncnc32)c2ccccc21. The molecule has 1 amide bonds. The molecule has 4 aromatic rings. The predicted octanol–water partition coefficient (Wildman–Crippen LogP) is 3.04. The normalized spacial score (nSPS) is 15.3. The second-order valence-electron chi connectivity index (χ2n) is 7.18. The van der Waals surface area contributed by atoms with Gasteiger partial charge in [-0.1, -0.05) is 24.8 Å². The Morgan fingerprint density at radius 1 is 1.26 bits per heavy atom. The van der Waals surface area contributed by atoms with Gasteiger partial charge in [0.1, 0.15) is 29.4 Å². The molecule has 5 rings (SSSR count). The summed E-state index contributed by atoms with van der Waals surface area (Å²) >= 11 is 0. The third-order valence-corrected chi connectivity index (χ3v) is 5.35. The number of nitrogens with two attached hydrogens (primary N) is 1. The van der Waals surface area contributed by atoms with Crippen molar-refractivity contribution in [2.75, 3.05) is 17.2 Å². The van der Waals surface area contributed by atoms with E-state index < -0.39 is 5.82 Å². The van der Waals surface area contributed by atoms with Crippen LogP contribution < -0.4 is 10.6 Å². The number of carbonyl (C=O) groups is 1. The van der Waals surface area contributed by atoms with Gasteiger partial charge in [-0.15, -0.1) is 0 Å². The Bertz CT molecular complexity index is 1350. The fraction of sp³-hybridized carbons (Fsp3) is 0.0909. The first-order valence-electron chi connectivity index (χ1n) is 9.49. The summed E-state index contributed by atoms with van der Waals surface area (Å²) in [5.41, 5.74) is 8.90. The molecule has 9 heteroatoms. The molecule has 31 heavy (non-hydrogen) atoms. The highest BCUT2D eigenvalue weighted by atomic mass is 19.1. The number of fused-ring (bicyclic) bond motifs is 2. The molecule has 0 fully saturated rings. The Kier molecular flexibility index (Phi) is 4.18. The Balaban J connectivity index is 1.75. The highest BCUT2D eigenvalue weighted by Crippen LogP contribution is 2.40. The summed E-state index contributed by atoms with van der Waals surface area (Å²) in [6.45, 7) is 3.91. The molecular formula is C22H17FN6O2. The standard InChI is InChI=1S/C22H17FN6O2/c1-2-18(31)28-10-17(15-5-3-4-6-16(15)28)29-22-19(21(24)25-11-26-22)20(27-29)12-7-13(23)9-14(30)8-12/h2-9,11,17,30H,1,10H2,(H2,24,25,26). The number of carbonyl (C=O) groups excluding carboxylic acids is 1. The fourth-order valence-electron chi connectivity index (χ4n) is 4.04. The van der Waals surface area contributed by atoms with Crippen molar-refractivity contribution in [1.82, 2.24) is 19.7 Å². The number of rotatable bonds is 3. The number of anilines is 2. The quantitative estimate of drug-likeness (QED) is 0.497. The highest BCUT2D eigenvalue weighted by Gasteiger charge is 2.35. The molecule has 1 aliphatic heterocycles. The van der Waals surface area contributed by atoms with E-state index in [0.717, 1.165) is 17.3 Å². The molecule has 1 unspecified atom stereocenters. The molecule has 1 aliphatic rings. The number of nitrogen functional groups attached to an aromatic ring is 1. The van der Waals surface area contributed by atoms with E-state index in [9.17, 15) is 14.3 Å². The van der Waals surface area contributed by atoms with Gasteiger partial charge < -0.3 is 15.7 Å².